The van der Waals surface area contributed by atoms with E-state index in [1.165, 1.54) is 96.3 Å². The third-order valence-electron chi connectivity index (χ3n) is 4.97. The molecular weight excluding hydrogens is 322 g/mol. The second-order valence-corrected chi connectivity index (χ2v) is 7.52. The molecule has 0 aliphatic heterocycles. The minimum atomic E-state index is 0.226. The SMILES string of the molecule is CCCCCCCCCCCCCCCCCCc1nc(N)nc(N)n1. The van der Waals surface area contributed by atoms with Gasteiger partial charge in [0.05, 0.1) is 0 Å². The van der Waals surface area contributed by atoms with Crippen LogP contribution in [0.2, 0.25) is 0 Å². The average Bonchev–Trinajstić information content (AvgIpc) is 2.60. The Balaban J connectivity index is 1.79. The summed E-state index contributed by atoms with van der Waals surface area (Å²) in [5.41, 5.74) is 11.2. The van der Waals surface area contributed by atoms with Gasteiger partial charge in [0.1, 0.15) is 5.82 Å². The van der Waals surface area contributed by atoms with Gasteiger partial charge in [-0.1, -0.05) is 103 Å². The fourth-order valence-electron chi connectivity index (χ4n) is 3.40. The largest absolute Gasteiger partial charge is 0.368 e. The van der Waals surface area contributed by atoms with Crippen molar-refractivity contribution in [2.24, 2.45) is 0 Å². The first-order valence-electron chi connectivity index (χ1n) is 11.0. The Morgan fingerprint density at radius 1 is 0.500 bits per heavy atom. The summed E-state index contributed by atoms with van der Waals surface area (Å²) in [6, 6.07) is 0. The first-order chi connectivity index (χ1) is 12.7. The molecular formula is C21H41N5. The molecule has 5 heteroatoms. The number of aromatic nitrogens is 3. The Hall–Kier alpha value is -1.39. The molecule has 1 rings (SSSR count). The molecule has 1 heterocycles. The molecule has 5 nitrogen and oxygen atoms in total. The fraction of sp³-hybridized carbons (Fsp3) is 0.857. The number of nitrogens with zero attached hydrogens (tertiary/aromatic N) is 3. The van der Waals surface area contributed by atoms with Crippen molar-refractivity contribution < 1.29 is 0 Å². The van der Waals surface area contributed by atoms with Crippen molar-refractivity contribution in [3.8, 4) is 0 Å². The monoisotopic (exact) mass is 363 g/mol. The summed E-state index contributed by atoms with van der Waals surface area (Å²) in [6.45, 7) is 2.28. The maximum atomic E-state index is 5.58. The van der Waals surface area contributed by atoms with Crippen molar-refractivity contribution >= 4 is 11.9 Å². The van der Waals surface area contributed by atoms with E-state index in [2.05, 4.69) is 21.9 Å². The molecule has 0 spiro atoms. The van der Waals surface area contributed by atoms with E-state index in [1.807, 2.05) is 0 Å². The summed E-state index contributed by atoms with van der Waals surface area (Å²) in [5, 5.41) is 0. The van der Waals surface area contributed by atoms with Gasteiger partial charge >= 0.3 is 0 Å². The second kappa shape index (κ2) is 15.8. The summed E-state index contributed by atoms with van der Waals surface area (Å²) in [7, 11) is 0. The maximum absolute atomic E-state index is 5.58. The van der Waals surface area contributed by atoms with Crippen molar-refractivity contribution in [3.63, 3.8) is 0 Å². The lowest BCUT2D eigenvalue weighted by atomic mass is 10.0. The standard InChI is InChI=1S/C21H41N5/c1-2-3-4-5-6-7-8-9-10-11-12-13-14-15-16-17-18-19-24-20(22)26-21(23)25-19/h2-18H2,1H3,(H4,22,23,24,25,26). The summed E-state index contributed by atoms with van der Waals surface area (Å²) in [4.78, 5) is 12.0. The van der Waals surface area contributed by atoms with E-state index in [1.54, 1.807) is 0 Å². The van der Waals surface area contributed by atoms with E-state index in [-0.39, 0.29) is 11.9 Å². The van der Waals surface area contributed by atoms with Crippen molar-refractivity contribution in [1.29, 1.82) is 0 Å². The van der Waals surface area contributed by atoms with Crippen LogP contribution >= 0.6 is 0 Å². The van der Waals surface area contributed by atoms with Crippen molar-refractivity contribution in [2.75, 3.05) is 11.5 Å². The van der Waals surface area contributed by atoms with E-state index in [4.69, 9.17) is 11.5 Å². The topological polar surface area (TPSA) is 90.7 Å². The van der Waals surface area contributed by atoms with Gasteiger partial charge in [0.25, 0.3) is 0 Å². The normalized spacial score (nSPS) is 11.1. The number of nitrogen functional groups attached to an aromatic ring is 2. The van der Waals surface area contributed by atoms with Gasteiger partial charge in [-0.05, 0) is 6.42 Å². The van der Waals surface area contributed by atoms with Crippen LogP contribution in [0, 0.1) is 0 Å². The van der Waals surface area contributed by atoms with Gasteiger partial charge in [0.15, 0.2) is 0 Å². The predicted octanol–water partition coefficient (Wildman–Crippen LogP) is 5.84. The Labute approximate surface area is 160 Å². The first-order valence-corrected chi connectivity index (χ1v) is 11.0. The summed E-state index contributed by atoms with van der Waals surface area (Å²) in [5.74, 6) is 1.17. The quantitative estimate of drug-likeness (QED) is 0.339. The highest BCUT2D eigenvalue weighted by molar-refractivity contribution is 5.25. The number of hydrogen-bond acceptors (Lipinski definition) is 5. The zero-order valence-corrected chi connectivity index (χ0v) is 17.0. The number of rotatable bonds is 17. The number of nitrogens with two attached hydrogens (primary N) is 2. The van der Waals surface area contributed by atoms with Gasteiger partial charge < -0.3 is 11.5 Å². The molecule has 0 aliphatic rings. The van der Waals surface area contributed by atoms with Crippen molar-refractivity contribution in [1.82, 2.24) is 15.0 Å². The van der Waals surface area contributed by atoms with E-state index in [9.17, 15) is 0 Å². The zero-order valence-electron chi connectivity index (χ0n) is 17.0. The van der Waals surface area contributed by atoms with Crippen LogP contribution in [0.15, 0.2) is 0 Å². The van der Waals surface area contributed by atoms with Gasteiger partial charge in [-0.2, -0.15) is 15.0 Å². The number of anilines is 2. The Kier molecular flexibility index (Phi) is 13.8. The van der Waals surface area contributed by atoms with E-state index in [0.29, 0.717) is 0 Å². The molecule has 0 atom stereocenters. The van der Waals surface area contributed by atoms with Crippen LogP contribution in [0.3, 0.4) is 0 Å². The maximum Gasteiger partial charge on any atom is 0.225 e. The van der Waals surface area contributed by atoms with E-state index < -0.39 is 0 Å². The highest BCUT2D eigenvalue weighted by Crippen LogP contribution is 2.14. The lowest BCUT2D eigenvalue weighted by Gasteiger charge is -2.04. The van der Waals surface area contributed by atoms with Crippen molar-refractivity contribution in [3.05, 3.63) is 5.82 Å². The first kappa shape index (κ1) is 22.7. The van der Waals surface area contributed by atoms with Gasteiger partial charge in [0.2, 0.25) is 11.9 Å². The lowest BCUT2D eigenvalue weighted by Crippen LogP contribution is -2.06. The second-order valence-electron chi connectivity index (χ2n) is 7.52. The molecule has 1 aromatic rings. The molecule has 0 aromatic carbocycles. The zero-order chi connectivity index (χ0) is 18.9. The smallest absolute Gasteiger partial charge is 0.225 e. The number of unbranched alkanes of at least 4 members (excludes halogenated alkanes) is 15. The van der Waals surface area contributed by atoms with E-state index >= 15 is 0 Å². The highest BCUT2D eigenvalue weighted by atomic mass is 15.1. The van der Waals surface area contributed by atoms with Crippen LogP contribution in [0.25, 0.3) is 0 Å². The molecule has 4 N–H and O–H groups in total. The molecule has 1 aromatic heterocycles. The van der Waals surface area contributed by atoms with Crippen LogP contribution in [-0.2, 0) is 6.42 Å². The molecule has 0 fully saturated rings. The summed E-state index contributed by atoms with van der Waals surface area (Å²) in [6.07, 6.45) is 22.9. The highest BCUT2D eigenvalue weighted by Gasteiger charge is 2.01. The lowest BCUT2D eigenvalue weighted by molar-refractivity contribution is 0.529. The molecule has 0 aliphatic carbocycles. The average molecular weight is 364 g/mol. The van der Waals surface area contributed by atoms with Gasteiger partial charge in [-0.25, -0.2) is 0 Å². The van der Waals surface area contributed by atoms with Gasteiger partial charge in [0, 0.05) is 6.42 Å². The fourth-order valence-corrected chi connectivity index (χ4v) is 3.40. The minimum Gasteiger partial charge on any atom is -0.368 e. The van der Waals surface area contributed by atoms with Crippen LogP contribution in [0.4, 0.5) is 11.9 Å². The minimum absolute atomic E-state index is 0.226. The van der Waals surface area contributed by atoms with Crippen LogP contribution in [-0.4, -0.2) is 15.0 Å². The van der Waals surface area contributed by atoms with Crippen LogP contribution in [0.5, 0.6) is 0 Å². The summed E-state index contributed by atoms with van der Waals surface area (Å²) >= 11 is 0. The summed E-state index contributed by atoms with van der Waals surface area (Å²) < 4.78 is 0. The van der Waals surface area contributed by atoms with E-state index in [0.717, 1.165) is 18.7 Å². The molecule has 0 saturated heterocycles. The van der Waals surface area contributed by atoms with Crippen LogP contribution < -0.4 is 11.5 Å². The number of aryl methyl sites for hydroxylation is 1. The van der Waals surface area contributed by atoms with Gasteiger partial charge in [-0.15, -0.1) is 0 Å². The molecule has 0 unspecified atom stereocenters. The Morgan fingerprint density at radius 3 is 1.23 bits per heavy atom. The molecule has 0 saturated carbocycles. The molecule has 26 heavy (non-hydrogen) atoms. The Bertz CT molecular complexity index is 430. The predicted molar refractivity (Wildman–Crippen MR) is 112 cm³/mol. The third kappa shape index (κ3) is 12.9. The van der Waals surface area contributed by atoms with Crippen molar-refractivity contribution in [2.45, 2.75) is 116 Å². The molecule has 0 bridgehead atoms. The molecule has 0 amide bonds. The third-order valence-corrected chi connectivity index (χ3v) is 4.97. The molecule has 0 radical (unpaired) electrons. The van der Waals surface area contributed by atoms with Gasteiger partial charge in [-0.3, -0.25) is 0 Å². The van der Waals surface area contributed by atoms with Crippen LogP contribution in [0.1, 0.15) is 115 Å². The molecule has 150 valence electrons. The Morgan fingerprint density at radius 2 is 0.846 bits per heavy atom. The number of hydrogen-bond donors (Lipinski definition) is 2.